The minimum Gasteiger partial charge on any atom is -0.388 e. The predicted octanol–water partition coefficient (Wildman–Crippen LogP) is 2.98. The molecule has 4 heteroatoms. The van der Waals surface area contributed by atoms with Gasteiger partial charge in [0.05, 0.1) is 11.6 Å². The zero-order chi connectivity index (χ0) is 12.5. The lowest BCUT2D eigenvalue weighted by Gasteiger charge is -2.38. The molecule has 0 radical (unpaired) electrons. The van der Waals surface area contributed by atoms with Crippen molar-refractivity contribution in [2.24, 2.45) is 5.73 Å². The lowest BCUT2D eigenvalue weighted by Crippen LogP contribution is -2.44. The number of hydrogen-bond acceptors (Lipinski definition) is 2. The number of nitrogens with two attached hydrogens (primary N) is 1. The molecule has 1 aliphatic rings. The van der Waals surface area contributed by atoms with Crippen LogP contribution in [-0.2, 0) is 0 Å². The van der Waals surface area contributed by atoms with Crippen LogP contribution in [0.5, 0.6) is 0 Å². The van der Waals surface area contributed by atoms with Crippen LogP contribution < -0.4 is 5.73 Å². The summed E-state index contributed by atoms with van der Waals surface area (Å²) < 4.78 is 13.1. The second-order valence-electron chi connectivity index (χ2n) is 4.81. The van der Waals surface area contributed by atoms with Crippen LogP contribution in [0.2, 0.25) is 5.02 Å². The highest BCUT2D eigenvalue weighted by atomic mass is 35.5. The minimum absolute atomic E-state index is 0.380. The Kier molecular flexibility index (Phi) is 3.71. The van der Waals surface area contributed by atoms with Gasteiger partial charge in [0.25, 0.3) is 0 Å². The first kappa shape index (κ1) is 12.8. The molecule has 1 unspecified atom stereocenters. The van der Waals surface area contributed by atoms with Crippen LogP contribution in [0.25, 0.3) is 0 Å². The average molecular weight is 258 g/mol. The molecule has 0 amide bonds. The maximum absolute atomic E-state index is 13.1. The molecule has 0 spiro atoms. The highest BCUT2D eigenvalue weighted by Gasteiger charge is 2.39. The van der Waals surface area contributed by atoms with Gasteiger partial charge >= 0.3 is 0 Å². The van der Waals surface area contributed by atoms with E-state index in [0.717, 1.165) is 5.56 Å². The van der Waals surface area contributed by atoms with Crippen molar-refractivity contribution in [3.63, 3.8) is 0 Å². The Labute approximate surface area is 106 Å². The third-order valence-corrected chi connectivity index (χ3v) is 3.80. The molecule has 1 atom stereocenters. The molecule has 0 aromatic heterocycles. The van der Waals surface area contributed by atoms with Crippen LogP contribution in [0.1, 0.15) is 37.3 Å². The summed E-state index contributed by atoms with van der Waals surface area (Å²) in [6.45, 7) is 0. The maximum atomic E-state index is 13.1. The third kappa shape index (κ3) is 2.79. The molecular formula is C13H17ClFNO. The molecule has 0 aliphatic heterocycles. The molecule has 0 saturated heterocycles. The van der Waals surface area contributed by atoms with E-state index in [4.69, 9.17) is 17.3 Å². The van der Waals surface area contributed by atoms with Gasteiger partial charge in [0.2, 0.25) is 0 Å². The molecule has 2 nitrogen and oxygen atoms in total. The number of benzene rings is 1. The van der Waals surface area contributed by atoms with Crippen molar-refractivity contribution < 1.29 is 9.50 Å². The molecule has 94 valence electrons. The summed E-state index contributed by atoms with van der Waals surface area (Å²) in [6.07, 6.45) is 0.765. The first-order valence-electron chi connectivity index (χ1n) is 5.89. The van der Waals surface area contributed by atoms with E-state index >= 15 is 0 Å². The standard InChI is InChI=1S/C13H17ClFNO/c14-10-3-1-2-9(8-10)12(16)13(17)6-4-11(15)5-7-13/h1-3,8,11-12,17H,4-7,16H2/t11-,12?,13-. The second-order valence-corrected chi connectivity index (χ2v) is 5.25. The first-order chi connectivity index (χ1) is 8.01. The van der Waals surface area contributed by atoms with E-state index in [1.165, 1.54) is 0 Å². The summed E-state index contributed by atoms with van der Waals surface area (Å²) in [7, 11) is 0. The fourth-order valence-electron chi connectivity index (χ4n) is 2.40. The van der Waals surface area contributed by atoms with Crippen LogP contribution in [0.15, 0.2) is 24.3 Å². The predicted molar refractivity (Wildman–Crippen MR) is 66.7 cm³/mol. The van der Waals surface area contributed by atoms with Gasteiger partial charge in [-0.25, -0.2) is 4.39 Å². The highest BCUT2D eigenvalue weighted by molar-refractivity contribution is 6.30. The van der Waals surface area contributed by atoms with Gasteiger partial charge < -0.3 is 10.8 Å². The van der Waals surface area contributed by atoms with Gasteiger partial charge in [-0.15, -0.1) is 0 Å². The molecule has 1 fully saturated rings. The summed E-state index contributed by atoms with van der Waals surface area (Å²) in [6, 6.07) is 6.66. The number of alkyl halides is 1. The summed E-state index contributed by atoms with van der Waals surface area (Å²) in [5.41, 5.74) is 5.88. The van der Waals surface area contributed by atoms with Gasteiger partial charge in [0.15, 0.2) is 0 Å². The molecule has 0 bridgehead atoms. The van der Waals surface area contributed by atoms with Gasteiger partial charge in [-0.05, 0) is 43.4 Å². The van der Waals surface area contributed by atoms with Crippen molar-refractivity contribution in [1.82, 2.24) is 0 Å². The Morgan fingerprint density at radius 1 is 1.41 bits per heavy atom. The monoisotopic (exact) mass is 257 g/mol. The Bertz CT molecular complexity index is 391. The molecule has 1 aromatic rings. The van der Waals surface area contributed by atoms with E-state index in [1.807, 2.05) is 12.1 Å². The van der Waals surface area contributed by atoms with E-state index in [0.29, 0.717) is 30.7 Å². The second kappa shape index (κ2) is 4.92. The van der Waals surface area contributed by atoms with Gasteiger partial charge in [-0.1, -0.05) is 23.7 Å². The van der Waals surface area contributed by atoms with Crippen molar-refractivity contribution in [2.75, 3.05) is 0 Å². The van der Waals surface area contributed by atoms with Crippen molar-refractivity contribution in [3.05, 3.63) is 34.9 Å². The van der Waals surface area contributed by atoms with Crippen molar-refractivity contribution >= 4 is 11.6 Å². The van der Waals surface area contributed by atoms with Crippen LogP contribution in [-0.4, -0.2) is 16.9 Å². The molecule has 1 aliphatic carbocycles. The van der Waals surface area contributed by atoms with Crippen LogP contribution >= 0.6 is 11.6 Å². The van der Waals surface area contributed by atoms with Crippen LogP contribution in [0, 0.1) is 0 Å². The van der Waals surface area contributed by atoms with Crippen LogP contribution in [0.3, 0.4) is 0 Å². The fourth-order valence-corrected chi connectivity index (χ4v) is 2.60. The van der Waals surface area contributed by atoms with E-state index in [-0.39, 0.29) is 0 Å². The van der Waals surface area contributed by atoms with Crippen molar-refractivity contribution in [2.45, 2.75) is 43.5 Å². The van der Waals surface area contributed by atoms with Gasteiger partial charge in [0.1, 0.15) is 6.17 Å². The Morgan fingerprint density at radius 3 is 2.65 bits per heavy atom. The summed E-state index contributed by atoms with van der Waals surface area (Å²) in [4.78, 5) is 0. The first-order valence-corrected chi connectivity index (χ1v) is 6.26. The SMILES string of the molecule is NC(c1cccc(Cl)c1)[C@]1(O)CC[C@H](F)CC1. The molecule has 0 heterocycles. The largest absolute Gasteiger partial charge is 0.388 e. The Balaban J connectivity index is 2.16. The summed E-state index contributed by atoms with van der Waals surface area (Å²) in [5.74, 6) is 0. The summed E-state index contributed by atoms with van der Waals surface area (Å²) in [5, 5.41) is 11.1. The zero-order valence-electron chi connectivity index (χ0n) is 9.57. The minimum atomic E-state index is -1.01. The fraction of sp³-hybridized carbons (Fsp3) is 0.538. The quantitative estimate of drug-likeness (QED) is 0.856. The molecular weight excluding hydrogens is 241 g/mol. The van der Waals surface area contributed by atoms with Gasteiger partial charge in [-0.3, -0.25) is 0 Å². The number of rotatable bonds is 2. The van der Waals surface area contributed by atoms with Crippen molar-refractivity contribution in [3.8, 4) is 0 Å². The number of hydrogen-bond donors (Lipinski definition) is 2. The van der Waals surface area contributed by atoms with Gasteiger partial charge in [0, 0.05) is 5.02 Å². The molecule has 1 aromatic carbocycles. The highest BCUT2D eigenvalue weighted by Crippen LogP contribution is 2.38. The normalized spacial score (nSPS) is 31.2. The molecule has 3 N–H and O–H groups in total. The summed E-state index contributed by atoms with van der Waals surface area (Å²) >= 11 is 5.90. The van der Waals surface area contributed by atoms with Crippen molar-refractivity contribution in [1.29, 1.82) is 0 Å². The number of aliphatic hydroxyl groups is 1. The Hall–Kier alpha value is -0.640. The molecule has 17 heavy (non-hydrogen) atoms. The lowest BCUT2D eigenvalue weighted by molar-refractivity contribution is -0.0363. The van der Waals surface area contributed by atoms with E-state index in [2.05, 4.69) is 0 Å². The van der Waals surface area contributed by atoms with E-state index < -0.39 is 17.8 Å². The Morgan fingerprint density at radius 2 is 2.06 bits per heavy atom. The topological polar surface area (TPSA) is 46.2 Å². The van der Waals surface area contributed by atoms with E-state index in [1.54, 1.807) is 12.1 Å². The average Bonchev–Trinajstić information content (AvgIpc) is 2.32. The van der Waals surface area contributed by atoms with Crippen LogP contribution in [0.4, 0.5) is 4.39 Å². The van der Waals surface area contributed by atoms with Gasteiger partial charge in [-0.2, -0.15) is 0 Å². The molecule has 2 rings (SSSR count). The smallest absolute Gasteiger partial charge is 0.100 e. The maximum Gasteiger partial charge on any atom is 0.100 e. The molecule has 1 saturated carbocycles. The lowest BCUT2D eigenvalue weighted by atomic mass is 9.77. The van der Waals surface area contributed by atoms with E-state index in [9.17, 15) is 9.50 Å². The zero-order valence-corrected chi connectivity index (χ0v) is 10.3. The third-order valence-electron chi connectivity index (χ3n) is 3.57. The number of halogens is 2.